The van der Waals surface area contributed by atoms with Crippen molar-refractivity contribution >= 4 is 33.0 Å². The van der Waals surface area contributed by atoms with Crippen LogP contribution in [0.1, 0.15) is 5.56 Å². The van der Waals surface area contributed by atoms with E-state index in [-0.39, 0.29) is 11.3 Å². The second kappa shape index (κ2) is 10.8. The van der Waals surface area contributed by atoms with Crippen LogP contribution in [0.4, 0.5) is 17.1 Å². The molecule has 0 saturated heterocycles. The summed E-state index contributed by atoms with van der Waals surface area (Å²) in [4.78, 5) is 13.3. The molecule has 1 atom stereocenters. The molecule has 0 heterocycles. The summed E-state index contributed by atoms with van der Waals surface area (Å²) in [5.74, 6) is -0.454. The summed E-state index contributed by atoms with van der Waals surface area (Å²) in [5.41, 5.74) is 3.08. The van der Waals surface area contributed by atoms with Crippen LogP contribution in [-0.2, 0) is 21.2 Å². The summed E-state index contributed by atoms with van der Waals surface area (Å²) in [6, 6.07) is 33.9. The number of para-hydroxylation sites is 1. The Morgan fingerprint density at radius 3 is 2.09 bits per heavy atom. The highest BCUT2D eigenvalue weighted by Crippen LogP contribution is 2.20. The zero-order valence-corrected chi connectivity index (χ0v) is 19.1. The van der Waals surface area contributed by atoms with Crippen molar-refractivity contribution in [3.8, 4) is 0 Å². The van der Waals surface area contributed by atoms with E-state index in [0.717, 1.165) is 16.9 Å². The van der Waals surface area contributed by atoms with Crippen LogP contribution in [0.5, 0.6) is 0 Å². The Labute approximate surface area is 199 Å². The molecule has 4 aromatic rings. The van der Waals surface area contributed by atoms with E-state index in [0.29, 0.717) is 5.69 Å². The summed E-state index contributed by atoms with van der Waals surface area (Å²) >= 11 is 0. The first-order valence-electron chi connectivity index (χ1n) is 10.7. The molecule has 1 radical (unpaired) electrons. The van der Waals surface area contributed by atoms with Gasteiger partial charge in [-0.05, 0) is 60.5 Å². The zero-order valence-electron chi connectivity index (χ0n) is 18.3. The lowest BCUT2D eigenvalue weighted by Gasteiger charge is -2.19. The molecule has 3 N–H and O–H groups in total. The van der Waals surface area contributed by atoms with Crippen molar-refractivity contribution in [3.05, 3.63) is 121 Å². The van der Waals surface area contributed by atoms with Crippen molar-refractivity contribution in [2.45, 2.75) is 17.4 Å². The van der Waals surface area contributed by atoms with Gasteiger partial charge in [0.25, 0.3) is 0 Å². The molecule has 0 spiro atoms. The van der Waals surface area contributed by atoms with E-state index < -0.39 is 22.0 Å². The van der Waals surface area contributed by atoms with Gasteiger partial charge in [0.05, 0.1) is 4.90 Å². The molecule has 0 aliphatic heterocycles. The first-order chi connectivity index (χ1) is 16.5. The Bertz CT molecular complexity index is 1330. The molecule has 34 heavy (non-hydrogen) atoms. The first-order valence-corrected chi connectivity index (χ1v) is 12.2. The van der Waals surface area contributed by atoms with Gasteiger partial charge in [-0.2, -0.15) is 4.72 Å². The number of carbonyl (C=O) groups excluding carboxylic acids is 1. The second-order valence-corrected chi connectivity index (χ2v) is 9.37. The maximum absolute atomic E-state index is 13.2. The highest BCUT2D eigenvalue weighted by atomic mass is 32.2. The smallest absolute Gasteiger partial charge is 0.242 e. The summed E-state index contributed by atoms with van der Waals surface area (Å²) in [6.45, 7) is 0. The van der Waals surface area contributed by atoms with Crippen molar-refractivity contribution in [2.24, 2.45) is 0 Å². The van der Waals surface area contributed by atoms with Gasteiger partial charge in [-0.3, -0.25) is 4.79 Å². The average Bonchev–Trinajstić information content (AvgIpc) is 2.85. The minimum Gasteiger partial charge on any atom is -0.355 e. The fourth-order valence-corrected chi connectivity index (χ4v) is 4.64. The third-order valence-corrected chi connectivity index (χ3v) is 6.57. The summed E-state index contributed by atoms with van der Waals surface area (Å²) in [7, 11) is -3.90. The van der Waals surface area contributed by atoms with Gasteiger partial charge in [-0.15, -0.1) is 0 Å². The van der Waals surface area contributed by atoms with E-state index in [1.54, 1.807) is 42.5 Å². The highest BCUT2D eigenvalue weighted by Gasteiger charge is 2.26. The average molecular weight is 471 g/mol. The lowest BCUT2D eigenvalue weighted by Crippen LogP contribution is -2.45. The molecule has 1 amide bonds. The number of anilines is 3. The maximum atomic E-state index is 13.2. The van der Waals surface area contributed by atoms with Gasteiger partial charge in [0.15, 0.2) is 0 Å². The van der Waals surface area contributed by atoms with E-state index >= 15 is 0 Å². The van der Waals surface area contributed by atoms with Gasteiger partial charge in [0.2, 0.25) is 15.9 Å². The first kappa shape index (κ1) is 23.2. The molecule has 0 saturated carbocycles. The Morgan fingerprint density at radius 2 is 1.38 bits per heavy atom. The number of hydrogen-bond donors (Lipinski definition) is 3. The van der Waals surface area contributed by atoms with Crippen LogP contribution < -0.4 is 15.4 Å². The lowest BCUT2D eigenvalue weighted by atomic mass is 10.1. The number of amides is 1. The highest BCUT2D eigenvalue weighted by molar-refractivity contribution is 7.89. The van der Waals surface area contributed by atoms with Crippen molar-refractivity contribution in [2.75, 3.05) is 10.6 Å². The van der Waals surface area contributed by atoms with Crippen LogP contribution >= 0.6 is 0 Å². The number of rotatable bonds is 9. The summed E-state index contributed by atoms with van der Waals surface area (Å²) in [6.07, 6.45) is 0.189. The van der Waals surface area contributed by atoms with E-state index in [4.69, 9.17) is 0 Å². The van der Waals surface area contributed by atoms with Crippen LogP contribution in [0, 0.1) is 6.07 Å². The Kier molecular flexibility index (Phi) is 7.37. The molecule has 0 aliphatic carbocycles. The summed E-state index contributed by atoms with van der Waals surface area (Å²) in [5, 5.41) is 6.13. The van der Waals surface area contributed by atoms with Crippen LogP contribution in [0.25, 0.3) is 0 Å². The molecular formula is C27H24N3O3S. The van der Waals surface area contributed by atoms with Gasteiger partial charge in [-0.1, -0.05) is 66.7 Å². The quantitative estimate of drug-likeness (QED) is 0.329. The van der Waals surface area contributed by atoms with Gasteiger partial charge < -0.3 is 10.6 Å². The van der Waals surface area contributed by atoms with Crippen LogP contribution in [0.3, 0.4) is 0 Å². The lowest BCUT2D eigenvalue weighted by molar-refractivity contribution is -0.117. The number of hydrogen-bond acceptors (Lipinski definition) is 4. The largest absolute Gasteiger partial charge is 0.355 e. The fraction of sp³-hybridized carbons (Fsp3) is 0.0741. The van der Waals surface area contributed by atoms with E-state index in [1.165, 1.54) is 12.1 Å². The molecule has 0 fully saturated rings. The van der Waals surface area contributed by atoms with Gasteiger partial charge in [0.1, 0.15) is 6.04 Å². The molecule has 4 aromatic carbocycles. The molecule has 0 aliphatic rings. The van der Waals surface area contributed by atoms with E-state index in [1.807, 2.05) is 54.6 Å². The number of carbonyl (C=O) groups is 1. The maximum Gasteiger partial charge on any atom is 0.242 e. The third-order valence-electron chi connectivity index (χ3n) is 5.09. The third kappa shape index (κ3) is 6.31. The topological polar surface area (TPSA) is 87.3 Å². The van der Waals surface area contributed by atoms with E-state index in [2.05, 4.69) is 21.4 Å². The van der Waals surface area contributed by atoms with Crippen LogP contribution in [0.15, 0.2) is 114 Å². The predicted molar refractivity (Wildman–Crippen MR) is 134 cm³/mol. The van der Waals surface area contributed by atoms with Gasteiger partial charge in [0, 0.05) is 17.1 Å². The summed E-state index contributed by atoms with van der Waals surface area (Å²) < 4.78 is 28.4. The fourth-order valence-electron chi connectivity index (χ4n) is 3.43. The van der Waals surface area contributed by atoms with Crippen molar-refractivity contribution in [3.63, 3.8) is 0 Å². The van der Waals surface area contributed by atoms with Crippen molar-refractivity contribution < 1.29 is 13.2 Å². The monoisotopic (exact) mass is 470 g/mol. The number of benzene rings is 4. The molecule has 4 rings (SSSR count). The Morgan fingerprint density at radius 1 is 0.765 bits per heavy atom. The Balaban J connectivity index is 1.54. The normalized spacial score (nSPS) is 12.0. The molecule has 1 unspecified atom stereocenters. The molecule has 0 bridgehead atoms. The van der Waals surface area contributed by atoms with Crippen molar-refractivity contribution in [1.29, 1.82) is 0 Å². The minimum atomic E-state index is -3.90. The molecule has 7 heteroatoms. The predicted octanol–water partition coefficient (Wildman–Crippen LogP) is 4.76. The SMILES string of the molecule is O=C(Nc1cccc(Nc2ccccc2)c1)C(Cc1cc[c]cc1)NS(=O)(=O)c1ccccc1. The zero-order chi connectivity index (χ0) is 23.8. The molecule has 6 nitrogen and oxygen atoms in total. The van der Waals surface area contributed by atoms with Crippen LogP contribution in [0.2, 0.25) is 0 Å². The van der Waals surface area contributed by atoms with Gasteiger partial charge >= 0.3 is 0 Å². The molecule has 0 aromatic heterocycles. The standard InChI is InChI=1S/C27H24N3O3S/c31-27(29-24-16-10-15-23(20-24)28-22-13-6-2-7-14-22)26(19-21-11-4-1-5-12-21)30-34(32,33)25-17-8-3-9-18-25/h2-18,20,26,28,30H,19H2,(H,29,31). The van der Waals surface area contributed by atoms with Crippen LogP contribution in [-0.4, -0.2) is 20.4 Å². The minimum absolute atomic E-state index is 0.100. The Hall–Kier alpha value is -3.94. The van der Waals surface area contributed by atoms with Gasteiger partial charge in [-0.25, -0.2) is 8.42 Å². The molecular weight excluding hydrogens is 446 g/mol. The van der Waals surface area contributed by atoms with E-state index in [9.17, 15) is 13.2 Å². The van der Waals surface area contributed by atoms with Crippen molar-refractivity contribution in [1.82, 2.24) is 4.72 Å². The number of nitrogens with one attached hydrogen (secondary N) is 3. The molecule has 171 valence electrons. The number of sulfonamides is 1. The second-order valence-electron chi connectivity index (χ2n) is 7.66.